The summed E-state index contributed by atoms with van der Waals surface area (Å²) in [6.07, 6.45) is 0. The molecule has 2 aromatic rings. The molecule has 1 aliphatic rings. The lowest BCUT2D eigenvalue weighted by molar-refractivity contribution is 0.0632. The number of amides is 1. The molecule has 1 aromatic heterocycles. The van der Waals surface area contributed by atoms with Gasteiger partial charge < -0.3 is 4.90 Å². The largest absolute Gasteiger partial charge is 0.336 e. The quantitative estimate of drug-likeness (QED) is 0.865. The summed E-state index contributed by atoms with van der Waals surface area (Å²) in [6, 6.07) is 9.95. The smallest absolute Gasteiger partial charge is 0.253 e. The van der Waals surface area contributed by atoms with Gasteiger partial charge in [0, 0.05) is 44.0 Å². The van der Waals surface area contributed by atoms with E-state index < -0.39 is 0 Å². The van der Waals surface area contributed by atoms with E-state index >= 15 is 0 Å². The van der Waals surface area contributed by atoms with Crippen molar-refractivity contribution in [3.63, 3.8) is 0 Å². The van der Waals surface area contributed by atoms with Crippen molar-refractivity contribution in [1.29, 1.82) is 0 Å². The zero-order valence-electron chi connectivity index (χ0n) is 14.8. The summed E-state index contributed by atoms with van der Waals surface area (Å²) in [7, 11) is 0. The lowest BCUT2D eigenvalue weighted by Crippen LogP contribution is -2.49. The predicted octanol–water partition coefficient (Wildman–Crippen LogP) is 2.27. The topological polar surface area (TPSA) is 41.4 Å². The molecule has 1 fully saturated rings. The van der Waals surface area contributed by atoms with E-state index in [2.05, 4.69) is 27.7 Å². The fourth-order valence-electron chi connectivity index (χ4n) is 3.19. The van der Waals surface area contributed by atoms with Gasteiger partial charge in [-0.15, -0.1) is 0 Å². The molecular weight excluding hydrogens is 300 g/mol. The van der Waals surface area contributed by atoms with E-state index in [1.807, 2.05) is 43.0 Å². The highest BCUT2D eigenvalue weighted by molar-refractivity contribution is 5.94. The number of hydrogen-bond donors (Lipinski definition) is 0. The van der Waals surface area contributed by atoms with Gasteiger partial charge in [-0.05, 0) is 39.0 Å². The van der Waals surface area contributed by atoms with Gasteiger partial charge in [0.05, 0.1) is 12.2 Å². The number of piperazine rings is 1. The fourth-order valence-corrected chi connectivity index (χ4v) is 3.19. The molecule has 1 saturated heterocycles. The number of aromatic nitrogens is 2. The molecular formula is C19H26N4O. The van der Waals surface area contributed by atoms with Crippen molar-refractivity contribution >= 4 is 5.91 Å². The number of carbonyl (C=O) groups excluding carboxylic acids is 1. The monoisotopic (exact) mass is 326 g/mol. The van der Waals surface area contributed by atoms with Crippen LogP contribution in [0, 0.1) is 20.8 Å². The highest BCUT2D eigenvalue weighted by Crippen LogP contribution is 2.10. The Hall–Kier alpha value is -2.14. The van der Waals surface area contributed by atoms with Gasteiger partial charge in [-0.1, -0.05) is 17.7 Å². The Balaban J connectivity index is 1.49. The molecule has 0 atom stereocenters. The second kappa shape index (κ2) is 7.18. The predicted molar refractivity (Wildman–Crippen MR) is 95.2 cm³/mol. The minimum atomic E-state index is 0.146. The Kier molecular flexibility index (Phi) is 5.00. The van der Waals surface area contributed by atoms with E-state index in [9.17, 15) is 4.79 Å². The van der Waals surface area contributed by atoms with Crippen LogP contribution in [0.3, 0.4) is 0 Å². The summed E-state index contributed by atoms with van der Waals surface area (Å²) >= 11 is 0. The van der Waals surface area contributed by atoms with Crippen LogP contribution < -0.4 is 0 Å². The number of hydrogen-bond acceptors (Lipinski definition) is 3. The van der Waals surface area contributed by atoms with Crippen molar-refractivity contribution < 1.29 is 4.79 Å². The van der Waals surface area contributed by atoms with Gasteiger partial charge >= 0.3 is 0 Å². The second-order valence-corrected chi connectivity index (χ2v) is 6.65. The number of benzene rings is 1. The van der Waals surface area contributed by atoms with Gasteiger partial charge in [-0.2, -0.15) is 5.10 Å². The highest BCUT2D eigenvalue weighted by atomic mass is 16.2. The lowest BCUT2D eigenvalue weighted by Gasteiger charge is -2.34. The van der Waals surface area contributed by atoms with Crippen molar-refractivity contribution in [2.45, 2.75) is 27.3 Å². The first kappa shape index (κ1) is 16.7. The maximum absolute atomic E-state index is 12.5. The van der Waals surface area contributed by atoms with Crippen molar-refractivity contribution in [1.82, 2.24) is 19.6 Å². The Morgan fingerprint density at radius 1 is 1.00 bits per heavy atom. The van der Waals surface area contributed by atoms with Gasteiger partial charge in [-0.25, -0.2) is 0 Å². The zero-order valence-corrected chi connectivity index (χ0v) is 14.8. The first-order chi connectivity index (χ1) is 11.5. The molecule has 128 valence electrons. The molecule has 0 bridgehead atoms. The van der Waals surface area contributed by atoms with Gasteiger partial charge in [0.2, 0.25) is 0 Å². The van der Waals surface area contributed by atoms with E-state index in [1.165, 1.54) is 11.3 Å². The standard InChI is InChI=1S/C19H26N4O/c1-15-4-6-18(7-5-15)19(24)22-11-8-21(9-12-22)10-13-23-17(3)14-16(2)20-23/h4-7,14H,8-13H2,1-3H3. The molecule has 3 rings (SSSR count). The van der Waals surface area contributed by atoms with Crippen molar-refractivity contribution in [3.8, 4) is 0 Å². The molecule has 0 N–H and O–H groups in total. The molecule has 1 aliphatic heterocycles. The molecule has 0 aliphatic carbocycles. The maximum atomic E-state index is 12.5. The molecule has 0 radical (unpaired) electrons. The summed E-state index contributed by atoms with van der Waals surface area (Å²) in [5.74, 6) is 0.146. The molecule has 1 aromatic carbocycles. The Bertz CT molecular complexity index is 697. The first-order valence-corrected chi connectivity index (χ1v) is 8.62. The Morgan fingerprint density at radius 2 is 1.67 bits per heavy atom. The summed E-state index contributed by atoms with van der Waals surface area (Å²) in [4.78, 5) is 16.9. The van der Waals surface area contributed by atoms with Gasteiger partial charge in [0.15, 0.2) is 0 Å². The minimum absolute atomic E-state index is 0.146. The first-order valence-electron chi connectivity index (χ1n) is 8.62. The number of rotatable bonds is 4. The fraction of sp³-hybridized carbons (Fsp3) is 0.474. The number of nitrogens with zero attached hydrogens (tertiary/aromatic N) is 4. The molecule has 0 spiro atoms. The van der Waals surface area contributed by atoms with Gasteiger partial charge in [0.25, 0.3) is 5.91 Å². The van der Waals surface area contributed by atoms with Crippen LogP contribution in [0.5, 0.6) is 0 Å². The van der Waals surface area contributed by atoms with Crippen LogP contribution in [0.4, 0.5) is 0 Å². The molecule has 1 amide bonds. The third kappa shape index (κ3) is 3.85. The Labute approximate surface area is 143 Å². The summed E-state index contributed by atoms with van der Waals surface area (Å²) in [5, 5.41) is 4.51. The third-order valence-corrected chi connectivity index (χ3v) is 4.69. The SMILES string of the molecule is Cc1ccc(C(=O)N2CCN(CCn3nc(C)cc3C)CC2)cc1. The molecule has 24 heavy (non-hydrogen) atoms. The molecule has 5 nitrogen and oxygen atoms in total. The van der Waals surface area contributed by atoms with Crippen molar-refractivity contribution in [2.75, 3.05) is 32.7 Å². The Morgan fingerprint density at radius 3 is 2.25 bits per heavy atom. The second-order valence-electron chi connectivity index (χ2n) is 6.65. The van der Waals surface area contributed by atoms with Crippen LogP contribution in [0.1, 0.15) is 27.3 Å². The van der Waals surface area contributed by atoms with Crippen LogP contribution in [0.15, 0.2) is 30.3 Å². The van der Waals surface area contributed by atoms with E-state index in [0.717, 1.165) is 50.5 Å². The number of aryl methyl sites for hydroxylation is 3. The summed E-state index contributed by atoms with van der Waals surface area (Å²) < 4.78 is 2.07. The van der Waals surface area contributed by atoms with Gasteiger partial charge in [-0.3, -0.25) is 14.4 Å². The van der Waals surface area contributed by atoms with E-state index in [0.29, 0.717) is 0 Å². The average molecular weight is 326 g/mol. The molecule has 0 unspecified atom stereocenters. The van der Waals surface area contributed by atoms with Crippen LogP contribution >= 0.6 is 0 Å². The van der Waals surface area contributed by atoms with E-state index in [-0.39, 0.29) is 5.91 Å². The van der Waals surface area contributed by atoms with E-state index in [4.69, 9.17) is 0 Å². The maximum Gasteiger partial charge on any atom is 0.253 e. The minimum Gasteiger partial charge on any atom is -0.336 e. The molecule has 0 saturated carbocycles. The van der Waals surface area contributed by atoms with Crippen LogP contribution in [0.2, 0.25) is 0 Å². The summed E-state index contributed by atoms with van der Waals surface area (Å²) in [5.41, 5.74) is 4.25. The van der Waals surface area contributed by atoms with Crippen LogP contribution in [-0.4, -0.2) is 58.2 Å². The molecule has 5 heteroatoms. The normalized spacial score (nSPS) is 15.7. The lowest BCUT2D eigenvalue weighted by atomic mass is 10.1. The van der Waals surface area contributed by atoms with Crippen molar-refractivity contribution in [3.05, 3.63) is 52.8 Å². The third-order valence-electron chi connectivity index (χ3n) is 4.69. The van der Waals surface area contributed by atoms with Crippen LogP contribution in [0.25, 0.3) is 0 Å². The van der Waals surface area contributed by atoms with Gasteiger partial charge in [0.1, 0.15) is 0 Å². The highest BCUT2D eigenvalue weighted by Gasteiger charge is 2.22. The van der Waals surface area contributed by atoms with Crippen molar-refractivity contribution in [2.24, 2.45) is 0 Å². The van der Waals surface area contributed by atoms with E-state index in [1.54, 1.807) is 0 Å². The average Bonchev–Trinajstić information content (AvgIpc) is 2.91. The zero-order chi connectivity index (χ0) is 17.1. The summed E-state index contributed by atoms with van der Waals surface area (Å²) in [6.45, 7) is 11.5. The number of carbonyl (C=O) groups is 1. The molecule has 2 heterocycles. The van der Waals surface area contributed by atoms with Crippen LogP contribution in [-0.2, 0) is 6.54 Å².